The van der Waals surface area contributed by atoms with Gasteiger partial charge in [-0.2, -0.15) is 0 Å². The smallest absolute Gasteiger partial charge is 0.242 e. The molecule has 0 spiro atoms. The van der Waals surface area contributed by atoms with E-state index in [1.165, 1.54) is 11.1 Å². The fourth-order valence-corrected chi connectivity index (χ4v) is 4.52. The first kappa shape index (κ1) is 18.5. The van der Waals surface area contributed by atoms with Crippen LogP contribution in [0.3, 0.4) is 0 Å². The van der Waals surface area contributed by atoms with Crippen molar-refractivity contribution in [2.24, 2.45) is 0 Å². The molecule has 0 N–H and O–H groups in total. The number of allylic oxidation sites excluding steroid dienone is 1. The number of hydrogen-bond acceptors (Lipinski definition) is 2. The Balaban J connectivity index is 1.86. The molecular formula is C23H29NOSi. The van der Waals surface area contributed by atoms with Gasteiger partial charge in [-0.3, -0.25) is 0 Å². The van der Waals surface area contributed by atoms with Crippen LogP contribution in [-0.2, 0) is 4.43 Å². The lowest BCUT2D eigenvalue weighted by molar-refractivity contribution is 0.282. The van der Waals surface area contributed by atoms with Crippen molar-refractivity contribution in [3.8, 4) is 0 Å². The van der Waals surface area contributed by atoms with E-state index in [0.29, 0.717) is 12.1 Å². The summed E-state index contributed by atoms with van der Waals surface area (Å²) in [6, 6.07) is 22.3. The van der Waals surface area contributed by atoms with Gasteiger partial charge in [-0.15, -0.1) is 0 Å². The van der Waals surface area contributed by atoms with Crippen LogP contribution in [-0.4, -0.2) is 13.2 Å². The fourth-order valence-electron chi connectivity index (χ4n) is 3.66. The van der Waals surface area contributed by atoms with Crippen LogP contribution < -0.4 is 0 Å². The largest absolute Gasteiger partial charge is 0.545 e. The van der Waals surface area contributed by atoms with Gasteiger partial charge in [0.1, 0.15) is 0 Å². The van der Waals surface area contributed by atoms with Gasteiger partial charge in [0, 0.05) is 6.20 Å². The monoisotopic (exact) mass is 363 g/mol. The van der Waals surface area contributed by atoms with Gasteiger partial charge in [-0.25, -0.2) is 0 Å². The third-order valence-corrected chi connectivity index (χ3v) is 5.55. The minimum Gasteiger partial charge on any atom is -0.545 e. The Morgan fingerprint density at radius 1 is 0.923 bits per heavy atom. The molecule has 0 bridgehead atoms. The first-order chi connectivity index (χ1) is 12.4. The minimum absolute atomic E-state index is 0.386. The van der Waals surface area contributed by atoms with E-state index < -0.39 is 8.32 Å². The molecule has 1 heterocycles. The van der Waals surface area contributed by atoms with Crippen LogP contribution in [0.4, 0.5) is 0 Å². The zero-order chi connectivity index (χ0) is 18.6. The van der Waals surface area contributed by atoms with E-state index >= 15 is 0 Å². The third kappa shape index (κ3) is 4.67. The van der Waals surface area contributed by atoms with Crippen molar-refractivity contribution in [2.45, 2.75) is 44.6 Å². The second-order valence-electron chi connectivity index (χ2n) is 7.87. The second kappa shape index (κ2) is 7.96. The fraction of sp³-hybridized carbons (Fsp3) is 0.304. The highest BCUT2D eigenvalue weighted by Crippen LogP contribution is 2.44. The minimum atomic E-state index is -1.63. The van der Waals surface area contributed by atoms with Crippen molar-refractivity contribution in [3.05, 3.63) is 96.4 Å². The summed E-state index contributed by atoms with van der Waals surface area (Å²) >= 11 is 0. The van der Waals surface area contributed by atoms with Crippen molar-refractivity contribution < 1.29 is 4.43 Å². The first-order valence-electron chi connectivity index (χ1n) is 9.37. The molecular weight excluding hydrogens is 334 g/mol. The third-order valence-electron chi connectivity index (χ3n) is 4.67. The standard InChI is InChI=1S/C23H29NOSi/c1-19(25-26(2,3)4)17-18-24-22(20-11-7-5-8-12-20)15-16-23(24)21-13-9-6-10-14-21/h5-14,17-18,22-23H,1,15-16H2,2-4H3/b18-17+/t22-,23-/m1/s1. The van der Waals surface area contributed by atoms with Gasteiger partial charge in [-0.05, 0) is 49.7 Å². The lowest BCUT2D eigenvalue weighted by Crippen LogP contribution is -2.24. The van der Waals surface area contributed by atoms with Crippen molar-refractivity contribution >= 4 is 8.32 Å². The van der Waals surface area contributed by atoms with Crippen molar-refractivity contribution in [1.82, 2.24) is 4.90 Å². The molecule has 1 aliphatic heterocycles. The molecule has 0 aliphatic carbocycles. The van der Waals surface area contributed by atoms with Gasteiger partial charge >= 0.3 is 0 Å². The molecule has 3 rings (SSSR count). The van der Waals surface area contributed by atoms with Gasteiger partial charge in [0.2, 0.25) is 8.32 Å². The molecule has 0 unspecified atom stereocenters. The highest BCUT2D eigenvalue weighted by molar-refractivity contribution is 6.70. The van der Waals surface area contributed by atoms with E-state index in [0.717, 1.165) is 18.6 Å². The van der Waals surface area contributed by atoms with Crippen LogP contribution in [0.15, 0.2) is 85.3 Å². The second-order valence-corrected chi connectivity index (χ2v) is 12.3. The van der Waals surface area contributed by atoms with Gasteiger partial charge < -0.3 is 9.33 Å². The van der Waals surface area contributed by atoms with Crippen LogP contribution in [0.25, 0.3) is 0 Å². The summed E-state index contributed by atoms with van der Waals surface area (Å²) < 4.78 is 6.01. The van der Waals surface area contributed by atoms with E-state index in [4.69, 9.17) is 4.43 Å². The van der Waals surface area contributed by atoms with Crippen molar-refractivity contribution in [2.75, 3.05) is 0 Å². The molecule has 0 saturated carbocycles. The molecule has 3 heteroatoms. The maximum Gasteiger partial charge on any atom is 0.242 e. The molecule has 1 aliphatic rings. The molecule has 0 radical (unpaired) electrons. The molecule has 2 aromatic rings. The highest BCUT2D eigenvalue weighted by atomic mass is 28.4. The van der Waals surface area contributed by atoms with Crippen LogP contribution in [0.2, 0.25) is 19.6 Å². The van der Waals surface area contributed by atoms with E-state index in [9.17, 15) is 0 Å². The van der Waals surface area contributed by atoms with E-state index in [2.05, 4.69) is 98.0 Å². The summed E-state index contributed by atoms with van der Waals surface area (Å²) in [4.78, 5) is 2.48. The molecule has 2 aromatic carbocycles. The summed E-state index contributed by atoms with van der Waals surface area (Å²) in [5.41, 5.74) is 2.74. The SMILES string of the molecule is C=C(/C=C/N1[C@@H](c2ccccc2)CC[C@@H]1c1ccccc1)O[Si](C)(C)C. The molecule has 136 valence electrons. The quantitative estimate of drug-likeness (QED) is 0.332. The van der Waals surface area contributed by atoms with Crippen molar-refractivity contribution in [1.29, 1.82) is 0 Å². The molecule has 2 nitrogen and oxygen atoms in total. The Morgan fingerprint density at radius 2 is 1.38 bits per heavy atom. The lowest BCUT2D eigenvalue weighted by Gasteiger charge is -2.30. The Hall–Kier alpha value is -2.26. The van der Waals surface area contributed by atoms with Gasteiger partial charge in [0.05, 0.1) is 17.8 Å². The first-order valence-corrected chi connectivity index (χ1v) is 12.8. The van der Waals surface area contributed by atoms with E-state index in [1.54, 1.807) is 0 Å². The predicted molar refractivity (Wildman–Crippen MR) is 112 cm³/mol. The number of nitrogens with zero attached hydrogens (tertiary/aromatic N) is 1. The summed E-state index contributed by atoms with van der Waals surface area (Å²) in [5.74, 6) is 0.759. The number of rotatable bonds is 6. The summed E-state index contributed by atoms with van der Waals surface area (Å²) in [7, 11) is -1.63. The van der Waals surface area contributed by atoms with Crippen LogP contribution in [0.5, 0.6) is 0 Å². The Kier molecular flexibility index (Phi) is 5.67. The Labute approximate surface area is 158 Å². The average Bonchev–Trinajstić information content (AvgIpc) is 3.04. The molecule has 0 aromatic heterocycles. The van der Waals surface area contributed by atoms with Gasteiger partial charge in [0.15, 0.2) is 0 Å². The van der Waals surface area contributed by atoms with Crippen LogP contribution in [0.1, 0.15) is 36.1 Å². The number of hydrogen-bond donors (Lipinski definition) is 0. The lowest BCUT2D eigenvalue weighted by atomic mass is 10.0. The molecule has 2 atom stereocenters. The molecule has 0 amide bonds. The average molecular weight is 364 g/mol. The number of benzene rings is 2. The molecule has 1 saturated heterocycles. The zero-order valence-corrected chi connectivity index (χ0v) is 17.1. The maximum absolute atomic E-state index is 6.01. The predicted octanol–water partition coefficient (Wildman–Crippen LogP) is 6.44. The molecule has 1 fully saturated rings. The van der Waals surface area contributed by atoms with Gasteiger partial charge in [-0.1, -0.05) is 67.2 Å². The van der Waals surface area contributed by atoms with E-state index in [-0.39, 0.29) is 0 Å². The topological polar surface area (TPSA) is 12.5 Å². The maximum atomic E-state index is 6.01. The van der Waals surface area contributed by atoms with Gasteiger partial charge in [0.25, 0.3) is 0 Å². The van der Waals surface area contributed by atoms with Crippen LogP contribution in [0, 0.1) is 0 Å². The Morgan fingerprint density at radius 3 is 1.81 bits per heavy atom. The summed E-state index contributed by atoms with van der Waals surface area (Å²) in [5, 5.41) is 0. The highest BCUT2D eigenvalue weighted by Gasteiger charge is 2.33. The zero-order valence-electron chi connectivity index (χ0n) is 16.1. The van der Waals surface area contributed by atoms with Crippen LogP contribution >= 0.6 is 0 Å². The van der Waals surface area contributed by atoms with E-state index in [1.807, 2.05) is 6.08 Å². The molecule has 26 heavy (non-hydrogen) atoms. The van der Waals surface area contributed by atoms with Crippen molar-refractivity contribution in [3.63, 3.8) is 0 Å². The Bertz CT molecular complexity index is 701. The summed E-state index contributed by atoms with van der Waals surface area (Å²) in [6.07, 6.45) is 6.52. The summed E-state index contributed by atoms with van der Waals surface area (Å²) in [6.45, 7) is 10.6. The number of likely N-dealkylation sites (tertiary alicyclic amines) is 1. The normalized spacial score (nSPS) is 20.5.